The Labute approximate surface area is 176 Å². The van der Waals surface area contributed by atoms with Crippen LogP contribution in [0.1, 0.15) is 24.5 Å². The number of amides is 2. The largest absolute Gasteiger partial charge is 0.497 e. The molecule has 2 aromatic rings. The molecule has 2 aliphatic rings. The van der Waals surface area contributed by atoms with Crippen molar-refractivity contribution in [2.75, 3.05) is 18.6 Å². The molecular weight excluding hydrogens is 415 g/mol. The highest BCUT2D eigenvalue weighted by Gasteiger charge is 2.42. The number of carbonyl (C=O) groups is 2. The van der Waals surface area contributed by atoms with Gasteiger partial charge in [0.05, 0.1) is 25.5 Å². The van der Waals surface area contributed by atoms with Crippen molar-refractivity contribution in [2.45, 2.75) is 38.5 Å². The number of fused-ring (bicyclic) bond motifs is 1. The first kappa shape index (κ1) is 21.1. The van der Waals surface area contributed by atoms with Crippen molar-refractivity contribution in [2.24, 2.45) is 11.8 Å². The van der Waals surface area contributed by atoms with Gasteiger partial charge in [0.25, 0.3) is 0 Å². The number of halogens is 3. The van der Waals surface area contributed by atoms with Crippen LogP contribution in [0.2, 0.25) is 0 Å². The summed E-state index contributed by atoms with van der Waals surface area (Å²) < 4.78 is 45.6. The molecule has 3 heterocycles. The van der Waals surface area contributed by atoms with Crippen LogP contribution in [0.15, 0.2) is 24.3 Å². The summed E-state index contributed by atoms with van der Waals surface area (Å²) in [4.78, 5) is 26.6. The molecule has 11 heteroatoms. The van der Waals surface area contributed by atoms with Crippen LogP contribution in [0.25, 0.3) is 0 Å². The first-order chi connectivity index (χ1) is 14.8. The van der Waals surface area contributed by atoms with Crippen LogP contribution in [-0.4, -0.2) is 46.4 Å². The fourth-order valence-corrected chi connectivity index (χ4v) is 4.02. The van der Waals surface area contributed by atoms with Crippen molar-refractivity contribution in [3.8, 4) is 5.75 Å². The Morgan fingerprint density at radius 2 is 2.10 bits per heavy atom. The number of nitrogens with zero attached hydrogens (tertiary/aromatic N) is 4. The molecule has 166 valence electrons. The SMILES string of the molecule is COc1cccc(N2C[C@@H](C(=O)NCc3nnc4n3CC[C@H](C(F)(F)F)C4)CC2=O)c1. The number of alkyl halides is 3. The normalized spacial score (nSPS) is 21.2. The van der Waals surface area contributed by atoms with E-state index in [1.807, 2.05) is 0 Å². The van der Waals surface area contributed by atoms with Crippen molar-refractivity contribution in [3.05, 3.63) is 35.9 Å². The van der Waals surface area contributed by atoms with E-state index in [-0.39, 0.29) is 56.5 Å². The molecule has 1 saturated heterocycles. The van der Waals surface area contributed by atoms with Crippen molar-refractivity contribution >= 4 is 17.5 Å². The lowest BCUT2D eigenvalue weighted by Gasteiger charge is -2.25. The molecule has 31 heavy (non-hydrogen) atoms. The first-order valence-electron chi connectivity index (χ1n) is 9.96. The molecule has 0 radical (unpaired) electrons. The van der Waals surface area contributed by atoms with Crippen molar-refractivity contribution < 1.29 is 27.5 Å². The molecule has 1 fully saturated rings. The highest BCUT2D eigenvalue weighted by Crippen LogP contribution is 2.34. The van der Waals surface area contributed by atoms with E-state index in [1.54, 1.807) is 33.7 Å². The Morgan fingerprint density at radius 1 is 1.29 bits per heavy atom. The van der Waals surface area contributed by atoms with E-state index in [2.05, 4.69) is 15.5 Å². The topological polar surface area (TPSA) is 89.3 Å². The van der Waals surface area contributed by atoms with E-state index < -0.39 is 18.0 Å². The zero-order chi connectivity index (χ0) is 22.2. The van der Waals surface area contributed by atoms with E-state index in [4.69, 9.17) is 4.74 Å². The number of hydrogen-bond acceptors (Lipinski definition) is 5. The van der Waals surface area contributed by atoms with E-state index in [0.717, 1.165) is 0 Å². The molecule has 2 amide bonds. The zero-order valence-corrected chi connectivity index (χ0v) is 16.9. The number of ether oxygens (including phenoxy) is 1. The van der Waals surface area contributed by atoms with Gasteiger partial charge in [0.1, 0.15) is 11.6 Å². The van der Waals surface area contributed by atoms with Crippen LogP contribution in [0.5, 0.6) is 5.75 Å². The number of carbonyl (C=O) groups excluding carboxylic acids is 2. The number of aromatic nitrogens is 3. The number of nitrogens with one attached hydrogen (secondary N) is 1. The summed E-state index contributed by atoms with van der Waals surface area (Å²) in [7, 11) is 1.54. The number of benzene rings is 1. The van der Waals surface area contributed by atoms with Gasteiger partial charge in [-0.05, 0) is 18.6 Å². The summed E-state index contributed by atoms with van der Waals surface area (Å²) in [6, 6.07) is 7.04. The van der Waals surface area contributed by atoms with Crippen LogP contribution < -0.4 is 15.0 Å². The Kier molecular flexibility index (Phi) is 5.59. The standard InChI is InChI=1S/C20H22F3N5O3/c1-31-15-4-2-3-14(9-15)28-11-12(7-18(28)29)19(30)24-10-17-26-25-16-8-13(20(21,22)23)5-6-27(16)17/h2-4,9,12-13H,5-8,10-11H2,1H3,(H,24,30)/t12-,13-/m0/s1. The molecule has 1 N–H and O–H groups in total. The zero-order valence-electron chi connectivity index (χ0n) is 16.9. The lowest BCUT2D eigenvalue weighted by Crippen LogP contribution is -2.34. The van der Waals surface area contributed by atoms with Crippen LogP contribution in [-0.2, 0) is 29.1 Å². The molecular formula is C20H22F3N5O3. The highest BCUT2D eigenvalue weighted by molar-refractivity contribution is 6.00. The lowest BCUT2D eigenvalue weighted by molar-refractivity contribution is -0.179. The van der Waals surface area contributed by atoms with Crippen LogP contribution in [0.3, 0.4) is 0 Å². The Morgan fingerprint density at radius 3 is 2.84 bits per heavy atom. The summed E-state index contributed by atoms with van der Waals surface area (Å²) in [6.45, 7) is 0.443. The van der Waals surface area contributed by atoms with E-state index >= 15 is 0 Å². The van der Waals surface area contributed by atoms with Gasteiger partial charge in [-0.15, -0.1) is 10.2 Å². The minimum atomic E-state index is -4.25. The second-order valence-corrected chi connectivity index (χ2v) is 7.74. The molecule has 0 aliphatic carbocycles. The van der Waals surface area contributed by atoms with Gasteiger partial charge in [-0.2, -0.15) is 13.2 Å². The fourth-order valence-electron chi connectivity index (χ4n) is 4.02. The Balaban J connectivity index is 1.36. The van der Waals surface area contributed by atoms with E-state index in [9.17, 15) is 22.8 Å². The predicted molar refractivity (Wildman–Crippen MR) is 103 cm³/mol. The molecule has 4 rings (SSSR count). The maximum Gasteiger partial charge on any atom is 0.392 e. The third kappa shape index (κ3) is 4.35. The Hall–Kier alpha value is -3.11. The summed E-state index contributed by atoms with van der Waals surface area (Å²) in [5, 5.41) is 10.6. The summed E-state index contributed by atoms with van der Waals surface area (Å²) in [5.74, 6) is -1.11. The minimum absolute atomic E-state index is 0.0396. The van der Waals surface area contributed by atoms with Gasteiger partial charge >= 0.3 is 6.18 Å². The first-order valence-corrected chi connectivity index (χ1v) is 9.96. The third-order valence-corrected chi connectivity index (χ3v) is 5.78. The van der Waals surface area contributed by atoms with Gasteiger partial charge in [0, 0.05) is 37.7 Å². The summed E-state index contributed by atoms with van der Waals surface area (Å²) >= 11 is 0. The molecule has 0 bridgehead atoms. The molecule has 1 aromatic carbocycles. The average Bonchev–Trinajstić information content (AvgIpc) is 3.34. The predicted octanol–water partition coefficient (Wildman–Crippen LogP) is 2.08. The molecule has 0 unspecified atom stereocenters. The fraction of sp³-hybridized carbons (Fsp3) is 0.500. The van der Waals surface area contributed by atoms with Gasteiger partial charge in [-0.1, -0.05) is 6.07 Å². The second-order valence-electron chi connectivity index (χ2n) is 7.74. The summed E-state index contributed by atoms with van der Waals surface area (Å²) in [6.07, 6.45) is -4.43. The van der Waals surface area contributed by atoms with Crippen molar-refractivity contribution in [1.29, 1.82) is 0 Å². The van der Waals surface area contributed by atoms with Crippen LogP contribution >= 0.6 is 0 Å². The monoisotopic (exact) mass is 437 g/mol. The molecule has 0 spiro atoms. The smallest absolute Gasteiger partial charge is 0.392 e. The number of anilines is 1. The maximum atomic E-state index is 12.9. The maximum absolute atomic E-state index is 12.9. The highest BCUT2D eigenvalue weighted by atomic mass is 19.4. The number of methoxy groups -OCH3 is 1. The third-order valence-electron chi connectivity index (χ3n) is 5.78. The molecule has 1 aromatic heterocycles. The average molecular weight is 437 g/mol. The van der Waals surface area contributed by atoms with Crippen molar-refractivity contribution in [3.63, 3.8) is 0 Å². The van der Waals surface area contributed by atoms with Crippen molar-refractivity contribution in [1.82, 2.24) is 20.1 Å². The second kappa shape index (κ2) is 8.20. The number of rotatable bonds is 5. The molecule has 8 nitrogen and oxygen atoms in total. The van der Waals surface area contributed by atoms with Gasteiger partial charge < -0.3 is 19.5 Å². The number of hydrogen-bond donors (Lipinski definition) is 1. The summed E-state index contributed by atoms with van der Waals surface area (Å²) in [5.41, 5.74) is 0.658. The van der Waals surface area contributed by atoms with Gasteiger partial charge in [0.2, 0.25) is 11.8 Å². The van der Waals surface area contributed by atoms with Crippen LogP contribution in [0.4, 0.5) is 18.9 Å². The minimum Gasteiger partial charge on any atom is -0.497 e. The van der Waals surface area contributed by atoms with Crippen LogP contribution in [0, 0.1) is 11.8 Å². The lowest BCUT2D eigenvalue weighted by atomic mass is 9.97. The van der Waals surface area contributed by atoms with Gasteiger partial charge in [-0.25, -0.2) is 0 Å². The quantitative estimate of drug-likeness (QED) is 0.774. The van der Waals surface area contributed by atoms with Gasteiger partial charge in [0.15, 0.2) is 5.82 Å². The van der Waals surface area contributed by atoms with E-state index in [0.29, 0.717) is 17.3 Å². The van der Waals surface area contributed by atoms with Gasteiger partial charge in [-0.3, -0.25) is 9.59 Å². The molecule has 0 saturated carbocycles. The van der Waals surface area contributed by atoms with E-state index in [1.165, 1.54) is 7.11 Å². The molecule has 2 aliphatic heterocycles. The Bertz CT molecular complexity index is 991. The molecule has 2 atom stereocenters.